The van der Waals surface area contributed by atoms with Crippen molar-refractivity contribution in [2.75, 3.05) is 30.8 Å². The third kappa shape index (κ3) is 8.54. The Hall–Kier alpha value is -2.59. The Morgan fingerprint density at radius 2 is 1.80 bits per heavy atom. The summed E-state index contributed by atoms with van der Waals surface area (Å²) in [6, 6.07) is 13.2. The molecule has 0 bridgehead atoms. The zero-order valence-corrected chi connectivity index (χ0v) is 23.1. The van der Waals surface area contributed by atoms with Crippen molar-refractivity contribution in [3.05, 3.63) is 58.6 Å². The first-order valence-electron chi connectivity index (χ1n) is 11.5. The number of halogens is 1. The molecule has 1 N–H and O–H groups in total. The van der Waals surface area contributed by atoms with Gasteiger partial charge in [-0.15, -0.1) is 0 Å². The van der Waals surface area contributed by atoms with Crippen molar-refractivity contribution < 1.29 is 22.7 Å². The minimum atomic E-state index is -3.77. The van der Waals surface area contributed by atoms with Gasteiger partial charge in [0.25, 0.3) is 0 Å². The largest absolute Gasteiger partial charge is 0.497 e. The fourth-order valence-electron chi connectivity index (χ4n) is 3.60. The molecule has 0 heterocycles. The van der Waals surface area contributed by atoms with Gasteiger partial charge in [-0.25, -0.2) is 8.42 Å². The molecular formula is C25H34BrN3O5S. The molecule has 1 atom stereocenters. The quantitative estimate of drug-likeness (QED) is 0.370. The van der Waals surface area contributed by atoms with Gasteiger partial charge in [0.15, 0.2) is 0 Å². The van der Waals surface area contributed by atoms with Crippen LogP contribution in [-0.4, -0.2) is 57.6 Å². The molecule has 0 unspecified atom stereocenters. The summed E-state index contributed by atoms with van der Waals surface area (Å²) in [6.45, 7) is 4.11. The highest BCUT2D eigenvalue weighted by Gasteiger charge is 2.31. The molecule has 8 nitrogen and oxygen atoms in total. The topological polar surface area (TPSA) is 96.0 Å². The number of hydrogen-bond donors (Lipinski definition) is 1. The summed E-state index contributed by atoms with van der Waals surface area (Å²) < 4.78 is 32.2. The van der Waals surface area contributed by atoms with Crippen LogP contribution in [0, 0.1) is 0 Å². The number of sulfonamides is 1. The van der Waals surface area contributed by atoms with Crippen molar-refractivity contribution in [1.29, 1.82) is 0 Å². The number of nitrogens with zero attached hydrogens (tertiary/aromatic N) is 2. The second-order valence-corrected chi connectivity index (χ2v) is 11.0. The van der Waals surface area contributed by atoms with Crippen LogP contribution >= 0.6 is 15.9 Å². The number of ether oxygens (including phenoxy) is 1. The van der Waals surface area contributed by atoms with E-state index in [-0.39, 0.29) is 12.5 Å². The molecule has 2 aromatic rings. The summed E-state index contributed by atoms with van der Waals surface area (Å²) in [5, 5.41) is 2.91. The summed E-state index contributed by atoms with van der Waals surface area (Å²) in [4.78, 5) is 28.1. The second-order valence-electron chi connectivity index (χ2n) is 8.19. The lowest BCUT2D eigenvalue weighted by Gasteiger charge is -2.33. The van der Waals surface area contributed by atoms with Crippen LogP contribution in [0.1, 0.15) is 38.7 Å². The van der Waals surface area contributed by atoms with Gasteiger partial charge >= 0.3 is 0 Å². The summed E-state index contributed by atoms with van der Waals surface area (Å²) in [5.41, 5.74) is 1.16. The monoisotopic (exact) mass is 567 g/mol. The van der Waals surface area contributed by atoms with Gasteiger partial charge < -0.3 is 15.0 Å². The molecule has 0 radical (unpaired) electrons. The zero-order valence-electron chi connectivity index (χ0n) is 20.7. The van der Waals surface area contributed by atoms with Crippen LogP contribution in [0.15, 0.2) is 53.0 Å². The molecule has 10 heteroatoms. The molecule has 0 saturated heterocycles. The number of amides is 2. The van der Waals surface area contributed by atoms with Gasteiger partial charge in [-0.2, -0.15) is 0 Å². The highest BCUT2D eigenvalue weighted by Crippen LogP contribution is 2.23. The van der Waals surface area contributed by atoms with E-state index in [2.05, 4.69) is 21.2 Å². The van der Waals surface area contributed by atoms with Crippen molar-refractivity contribution >= 4 is 43.5 Å². The van der Waals surface area contributed by atoms with Crippen molar-refractivity contribution in [1.82, 2.24) is 10.2 Å². The first-order valence-corrected chi connectivity index (χ1v) is 14.2. The van der Waals surface area contributed by atoms with Crippen LogP contribution in [0.4, 0.5) is 5.69 Å². The van der Waals surface area contributed by atoms with E-state index in [1.165, 1.54) is 4.90 Å². The average Bonchev–Trinajstić information content (AvgIpc) is 2.82. The van der Waals surface area contributed by atoms with E-state index in [0.29, 0.717) is 28.9 Å². The van der Waals surface area contributed by atoms with Gasteiger partial charge in [0.2, 0.25) is 21.8 Å². The molecule has 0 aliphatic carbocycles. The van der Waals surface area contributed by atoms with Crippen LogP contribution in [0.5, 0.6) is 5.75 Å². The highest BCUT2D eigenvalue weighted by atomic mass is 79.9. The number of carbonyl (C=O) groups is 2. The van der Waals surface area contributed by atoms with Gasteiger partial charge in [-0.3, -0.25) is 13.9 Å². The normalized spacial score (nSPS) is 12.0. The summed E-state index contributed by atoms with van der Waals surface area (Å²) in [7, 11) is -2.20. The predicted octanol–water partition coefficient (Wildman–Crippen LogP) is 3.95. The van der Waals surface area contributed by atoms with Gasteiger partial charge in [0.05, 0.1) is 19.1 Å². The SMILES string of the molecule is CCCCNC(=O)[C@H](CC)N(Cc1ccc(OC)cc1)C(=O)CN(c1cccc(Br)c1)S(C)(=O)=O. The number of carbonyl (C=O) groups excluding carboxylic acids is 2. The number of anilines is 1. The molecule has 2 rings (SSSR count). The number of rotatable bonds is 13. The lowest BCUT2D eigenvalue weighted by Crippen LogP contribution is -2.52. The fraction of sp³-hybridized carbons (Fsp3) is 0.440. The number of benzene rings is 2. The van der Waals surface area contributed by atoms with Gasteiger partial charge in [0.1, 0.15) is 18.3 Å². The van der Waals surface area contributed by atoms with E-state index >= 15 is 0 Å². The van der Waals surface area contributed by atoms with Crippen LogP contribution in [0.2, 0.25) is 0 Å². The van der Waals surface area contributed by atoms with E-state index in [1.807, 2.05) is 26.0 Å². The number of unbranched alkanes of at least 4 members (excludes halogenated alkanes) is 1. The Morgan fingerprint density at radius 3 is 2.34 bits per heavy atom. The van der Waals surface area contributed by atoms with Crippen molar-refractivity contribution in [3.8, 4) is 5.75 Å². The first kappa shape index (κ1) is 28.6. The van der Waals surface area contributed by atoms with Crippen LogP contribution in [-0.2, 0) is 26.2 Å². The van der Waals surface area contributed by atoms with Crippen molar-refractivity contribution in [3.63, 3.8) is 0 Å². The van der Waals surface area contributed by atoms with Gasteiger partial charge in [-0.1, -0.05) is 54.4 Å². The lowest BCUT2D eigenvalue weighted by atomic mass is 10.1. The van der Waals surface area contributed by atoms with E-state index in [0.717, 1.165) is 29.0 Å². The molecule has 0 saturated carbocycles. The van der Waals surface area contributed by atoms with Crippen molar-refractivity contribution in [2.45, 2.75) is 45.7 Å². The minimum Gasteiger partial charge on any atom is -0.497 e. The lowest BCUT2D eigenvalue weighted by molar-refractivity contribution is -0.140. The molecule has 0 spiro atoms. The maximum Gasteiger partial charge on any atom is 0.244 e. The van der Waals surface area contributed by atoms with E-state index in [1.54, 1.807) is 43.5 Å². The van der Waals surface area contributed by atoms with Crippen LogP contribution in [0.3, 0.4) is 0 Å². The zero-order chi connectivity index (χ0) is 26.0. The van der Waals surface area contributed by atoms with E-state index < -0.39 is 28.5 Å². The van der Waals surface area contributed by atoms with Crippen molar-refractivity contribution in [2.24, 2.45) is 0 Å². The molecule has 2 aromatic carbocycles. The van der Waals surface area contributed by atoms with E-state index in [4.69, 9.17) is 4.74 Å². The van der Waals surface area contributed by atoms with Gasteiger partial charge in [0, 0.05) is 17.6 Å². The third-order valence-corrected chi connectivity index (χ3v) is 7.14. The maximum atomic E-state index is 13.6. The smallest absolute Gasteiger partial charge is 0.244 e. The molecule has 0 aliphatic rings. The molecule has 0 aromatic heterocycles. The molecule has 35 heavy (non-hydrogen) atoms. The predicted molar refractivity (Wildman–Crippen MR) is 142 cm³/mol. The minimum absolute atomic E-state index is 0.151. The summed E-state index contributed by atoms with van der Waals surface area (Å²) >= 11 is 3.35. The number of hydrogen-bond acceptors (Lipinski definition) is 5. The van der Waals surface area contributed by atoms with Gasteiger partial charge in [-0.05, 0) is 48.7 Å². The Bertz CT molecular complexity index is 1090. The molecule has 0 aliphatic heterocycles. The summed E-state index contributed by atoms with van der Waals surface area (Å²) in [5.74, 6) is -0.0474. The first-order chi connectivity index (χ1) is 16.6. The third-order valence-electron chi connectivity index (χ3n) is 5.50. The van der Waals surface area contributed by atoms with Crippen LogP contribution < -0.4 is 14.4 Å². The molecule has 0 fully saturated rings. The molecule has 192 valence electrons. The second kappa shape index (κ2) is 13.5. The standard InChI is InChI=1S/C25H34BrN3O5S/c1-5-7-15-27-25(31)23(6-2)28(17-19-11-13-22(34-3)14-12-19)24(30)18-29(35(4,32)33)21-10-8-9-20(26)16-21/h8-14,16,23H,5-7,15,17-18H2,1-4H3,(H,27,31)/t23-/m0/s1. The summed E-state index contributed by atoms with van der Waals surface area (Å²) in [6.07, 6.45) is 3.21. The Balaban J connectivity index is 2.39. The van der Waals surface area contributed by atoms with Crippen LogP contribution in [0.25, 0.3) is 0 Å². The Morgan fingerprint density at radius 1 is 1.11 bits per heavy atom. The fourth-order valence-corrected chi connectivity index (χ4v) is 4.83. The highest BCUT2D eigenvalue weighted by molar-refractivity contribution is 9.10. The average molecular weight is 569 g/mol. The number of methoxy groups -OCH3 is 1. The van der Waals surface area contributed by atoms with E-state index in [9.17, 15) is 18.0 Å². The maximum absolute atomic E-state index is 13.6. The molecule has 2 amide bonds. The molecular weight excluding hydrogens is 534 g/mol. The number of nitrogens with one attached hydrogen (secondary N) is 1. The Labute approximate surface area is 216 Å². The Kier molecular flexibility index (Phi) is 11.0.